The van der Waals surface area contributed by atoms with E-state index in [1.54, 1.807) is 0 Å². The number of nitrogens with zero attached hydrogens (tertiary/aromatic N) is 3. The van der Waals surface area contributed by atoms with Crippen LogP contribution in [0.25, 0.3) is 5.69 Å². The second-order valence-corrected chi connectivity index (χ2v) is 6.32. The monoisotopic (exact) mass is 351 g/mol. The van der Waals surface area contributed by atoms with Crippen molar-refractivity contribution in [2.75, 3.05) is 20.6 Å². The fourth-order valence-electron chi connectivity index (χ4n) is 2.72. The molecule has 0 amide bonds. The van der Waals surface area contributed by atoms with Crippen LogP contribution in [0, 0.1) is 20.8 Å². The summed E-state index contributed by atoms with van der Waals surface area (Å²) in [6, 6.07) is 3.92. The molecule has 0 aliphatic rings. The van der Waals surface area contributed by atoms with Crippen molar-refractivity contribution in [1.82, 2.24) is 9.47 Å². The highest BCUT2D eigenvalue weighted by Crippen LogP contribution is 2.20. The van der Waals surface area contributed by atoms with Crippen molar-refractivity contribution in [3.05, 3.63) is 51.6 Å². The van der Waals surface area contributed by atoms with Gasteiger partial charge in [0.15, 0.2) is 18.3 Å². The number of aryl methyl sites for hydroxylation is 1. The summed E-state index contributed by atoms with van der Waals surface area (Å²) in [5.41, 5.74) is 3.09. The highest BCUT2D eigenvalue weighted by Gasteiger charge is 2.23. The number of rotatable bonds is 5. The molecule has 0 saturated heterocycles. The Bertz CT molecular complexity index is 770. The lowest BCUT2D eigenvalue weighted by atomic mass is 10.1. The molecule has 0 atom stereocenters. The summed E-state index contributed by atoms with van der Waals surface area (Å²) in [6.07, 6.45) is 4.61. The largest absolute Gasteiger partial charge is 1.00 e. The first-order valence-electron chi connectivity index (χ1n) is 7.89. The Balaban J connectivity index is 0.00000288. The van der Waals surface area contributed by atoms with Crippen molar-refractivity contribution in [3.63, 3.8) is 0 Å². The summed E-state index contributed by atoms with van der Waals surface area (Å²) < 4.78 is 3.33. The van der Waals surface area contributed by atoms with Crippen molar-refractivity contribution >= 4 is 0 Å². The number of pyridine rings is 2. The molecular weight excluding hydrogens is 326 g/mol. The molecular formula is C18H26ClN3O2. The predicted molar refractivity (Wildman–Crippen MR) is 91.3 cm³/mol. The maximum atomic E-state index is 12.9. The van der Waals surface area contributed by atoms with Crippen molar-refractivity contribution in [1.29, 1.82) is 0 Å². The summed E-state index contributed by atoms with van der Waals surface area (Å²) in [7, 11) is 3.99. The fourth-order valence-corrected chi connectivity index (χ4v) is 2.72. The standard InChI is InChI=1S/C18H25N3O2.ClH/c1-13-8-6-10-20(12-13)16-14(2)15(3)17(22)21(18(16)23)11-7-9-19(4)5;/h6,8,10,12H,7,9,11H2,1-5H3;1H. The van der Waals surface area contributed by atoms with Gasteiger partial charge in [0.2, 0.25) is 0 Å². The van der Waals surface area contributed by atoms with E-state index in [1.165, 1.54) is 4.57 Å². The minimum Gasteiger partial charge on any atom is -1.00 e. The summed E-state index contributed by atoms with van der Waals surface area (Å²) in [5, 5.41) is 10.4. The van der Waals surface area contributed by atoms with E-state index in [2.05, 4.69) is 4.90 Å². The summed E-state index contributed by atoms with van der Waals surface area (Å²) in [6.45, 7) is 7.10. The zero-order valence-corrected chi connectivity index (χ0v) is 15.8. The molecule has 24 heavy (non-hydrogen) atoms. The molecule has 0 aromatic carbocycles. The van der Waals surface area contributed by atoms with E-state index in [-0.39, 0.29) is 23.8 Å². The van der Waals surface area contributed by atoms with Crippen LogP contribution in [0.5, 0.6) is 5.88 Å². The Kier molecular flexibility index (Phi) is 6.99. The Morgan fingerprint density at radius 2 is 1.88 bits per heavy atom. The number of aromatic hydroxyl groups is 1. The highest BCUT2D eigenvalue weighted by molar-refractivity contribution is 5.42. The van der Waals surface area contributed by atoms with E-state index >= 15 is 0 Å². The van der Waals surface area contributed by atoms with Crippen molar-refractivity contribution in [3.8, 4) is 11.6 Å². The molecule has 0 fully saturated rings. The van der Waals surface area contributed by atoms with E-state index in [0.717, 1.165) is 29.7 Å². The molecule has 2 aromatic heterocycles. The van der Waals surface area contributed by atoms with Gasteiger partial charge in [-0.05, 0) is 53.9 Å². The summed E-state index contributed by atoms with van der Waals surface area (Å²) >= 11 is 0. The third-order valence-corrected chi connectivity index (χ3v) is 4.15. The van der Waals surface area contributed by atoms with Gasteiger partial charge < -0.3 is 22.4 Å². The molecule has 0 unspecified atom stereocenters. The van der Waals surface area contributed by atoms with Crippen molar-refractivity contribution < 1.29 is 22.1 Å². The van der Waals surface area contributed by atoms with Crippen molar-refractivity contribution in [2.24, 2.45) is 0 Å². The second-order valence-electron chi connectivity index (χ2n) is 6.32. The van der Waals surface area contributed by atoms with Crippen molar-refractivity contribution in [2.45, 2.75) is 33.7 Å². The number of hydrogen-bond acceptors (Lipinski definition) is 3. The highest BCUT2D eigenvalue weighted by atomic mass is 35.5. The van der Waals surface area contributed by atoms with E-state index in [1.807, 2.05) is 64.0 Å². The molecule has 0 saturated carbocycles. The average Bonchev–Trinajstić information content (AvgIpc) is 2.48. The maximum Gasteiger partial charge on any atom is 0.326 e. The Morgan fingerprint density at radius 3 is 2.46 bits per heavy atom. The number of hydrogen-bond donors (Lipinski definition) is 1. The lowest BCUT2D eigenvalue weighted by Crippen LogP contribution is -3.00. The molecule has 1 N–H and O–H groups in total. The van der Waals surface area contributed by atoms with Crippen LogP contribution in [0.4, 0.5) is 0 Å². The van der Waals surface area contributed by atoms with Gasteiger partial charge in [-0.2, -0.15) is 4.57 Å². The molecule has 132 valence electrons. The van der Waals surface area contributed by atoms with E-state index in [0.29, 0.717) is 12.2 Å². The SMILES string of the molecule is Cc1ccc[n+](-c2c(C)c(C)c(O)n(CCCN(C)C)c2=O)c1.[Cl-]. The van der Waals surface area contributed by atoms with Gasteiger partial charge in [-0.15, -0.1) is 0 Å². The first kappa shape index (κ1) is 20.2. The topological polar surface area (TPSA) is 49.4 Å². The van der Waals surface area contributed by atoms with Gasteiger partial charge in [0, 0.05) is 29.3 Å². The van der Waals surface area contributed by atoms with E-state index in [4.69, 9.17) is 0 Å². The summed E-state index contributed by atoms with van der Waals surface area (Å²) in [5.74, 6) is 0.0725. The first-order chi connectivity index (χ1) is 10.8. The molecule has 0 radical (unpaired) electrons. The molecule has 6 heteroatoms. The van der Waals surface area contributed by atoms with Crippen LogP contribution < -0.4 is 22.5 Å². The minimum absolute atomic E-state index is 0. The number of aromatic nitrogens is 2. The average molecular weight is 352 g/mol. The summed E-state index contributed by atoms with van der Waals surface area (Å²) in [4.78, 5) is 15.0. The fraction of sp³-hybridized carbons (Fsp3) is 0.444. The van der Waals surface area contributed by atoms with Crippen LogP contribution in [0.2, 0.25) is 0 Å². The Labute approximate surface area is 149 Å². The maximum absolute atomic E-state index is 12.9. The Hall–Kier alpha value is -1.85. The van der Waals surface area contributed by atoms with Gasteiger partial charge in [0.05, 0.1) is 0 Å². The van der Waals surface area contributed by atoms with Crippen LogP contribution in [-0.4, -0.2) is 35.2 Å². The van der Waals surface area contributed by atoms with Crippen LogP contribution >= 0.6 is 0 Å². The third-order valence-electron chi connectivity index (χ3n) is 4.15. The molecule has 0 bridgehead atoms. The minimum atomic E-state index is -0.153. The quantitative estimate of drug-likeness (QED) is 0.682. The van der Waals surface area contributed by atoms with Crippen LogP contribution in [0.1, 0.15) is 23.1 Å². The van der Waals surface area contributed by atoms with Crippen LogP contribution in [-0.2, 0) is 6.54 Å². The lowest BCUT2D eigenvalue weighted by molar-refractivity contribution is -0.597. The Morgan fingerprint density at radius 1 is 1.21 bits per heavy atom. The van der Waals surface area contributed by atoms with Gasteiger partial charge in [0.1, 0.15) is 0 Å². The van der Waals surface area contributed by atoms with Gasteiger partial charge in [0.25, 0.3) is 5.69 Å². The van der Waals surface area contributed by atoms with Gasteiger partial charge in [-0.25, -0.2) is 0 Å². The molecule has 0 aliphatic heterocycles. The van der Waals surface area contributed by atoms with E-state index < -0.39 is 0 Å². The van der Waals surface area contributed by atoms with Gasteiger partial charge in [-0.1, -0.05) is 0 Å². The first-order valence-corrected chi connectivity index (χ1v) is 7.89. The predicted octanol–water partition coefficient (Wildman–Crippen LogP) is -1.29. The molecule has 0 spiro atoms. The number of halogens is 1. The smallest absolute Gasteiger partial charge is 0.326 e. The molecule has 2 rings (SSSR count). The molecule has 2 aromatic rings. The normalized spacial score (nSPS) is 10.8. The zero-order chi connectivity index (χ0) is 17.1. The van der Waals surface area contributed by atoms with Crippen LogP contribution in [0.3, 0.4) is 0 Å². The van der Waals surface area contributed by atoms with Gasteiger partial charge in [-0.3, -0.25) is 9.36 Å². The lowest BCUT2D eigenvalue weighted by Gasteiger charge is -2.15. The molecule has 5 nitrogen and oxygen atoms in total. The zero-order valence-electron chi connectivity index (χ0n) is 15.0. The molecule has 2 heterocycles. The molecule has 0 aliphatic carbocycles. The van der Waals surface area contributed by atoms with E-state index in [9.17, 15) is 9.90 Å². The van der Waals surface area contributed by atoms with Gasteiger partial charge >= 0.3 is 5.56 Å². The van der Waals surface area contributed by atoms with Crippen LogP contribution in [0.15, 0.2) is 29.3 Å². The second kappa shape index (κ2) is 8.31. The third kappa shape index (κ3) is 4.16.